The van der Waals surface area contributed by atoms with E-state index >= 15 is 0 Å². The summed E-state index contributed by atoms with van der Waals surface area (Å²) >= 11 is 0. The maximum Gasteiger partial charge on any atom is 0.261 e. The molecule has 0 unspecified atom stereocenters. The highest BCUT2D eigenvalue weighted by molar-refractivity contribution is 7.92. The van der Waals surface area contributed by atoms with Crippen molar-refractivity contribution in [3.8, 4) is 0 Å². The molecule has 2 rings (SSSR count). The van der Waals surface area contributed by atoms with E-state index in [2.05, 4.69) is 4.72 Å². The van der Waals surface area contributed by atoms with E-state index in [0.717, 1.165) is 11.1 Å². The third-order valence-corrected chi connectivity index (χ3v) is 4.59. The monoisotopic (exact) mass is 303 g/mol. The van der Waals surface area contributed by atoms with Gasteiger partial charge >= 0.3 is 0 Å². The van der Waals surface area contributed by atoms with Gasteiger partial charge < -0.3 is 0 Å². The lowest BCUT2D eigenvalue weighted by molar-refractivity contribution is 0.101. The van der Waals surface area contributed by atoms with Crippen molar-refractivity contribution in [1.29, 1.82) is 0 Å². The summed E-state index contributed by atoms with van der Waals surface area (Å²) in [5.74, 6) is -0.0959. The largest absolute Gasteiger partial charge is 0.295 e. The lowest BCUT2D eigenvalue weighted by Gasteiger charge is -2.11. The SMILES string of the molecule is CC(=O)c1ccc(S(=O)(=O)Nc2cc(C)ccc2C)cc1. The van der Waals surface area contributed by atoms with Crippen LogP contribution in [0.4, 0.5) is 5.69 Å². The van der Waals surface area contributed by atoms with Crippen molar-refractivity contribution >= 4 is 21.5 Å². The molecule has 0 radical (unpaired) electrons. The fourth-order valence-corrected chi connectivity index (χ4v) is 3.04. The lowest BCUT2D eigenvalue weighted by atomic mass is 10.1. The van der Waals surface area contributed by atoms with Crippen LogP contribution in [-0.4, -0.2) is 14.2 Å². The lowest BCUT2D eigenvalue weighted by Crippen LogP contribution is -2.14. The van der Waals surface area contributed by atoms with Crippen molar-refractivity contribution in [3.63, 3.8) is 0 Å². The number of anilines is 1. The van der Waals surface area contributed by atoms with Gasteiger partial charge in [-0.25, -0.2) is 8.42 Å². The molecule has 1 N–H and O–H groups in total. The smallest absolute Gasteiger partial charge is 0.261 e. The van der Waals surface area contributed by atoms with Crippen molar-refractivity contribution in [2.24, 2.45) is 0 Å². The molecule has 5 heteroatoms. The van der Waals surface area contributed by atoms with Crippen molar-refractivity contribution in [1.82, 2.24) is 0 Å². The van der Waals surface area contributed by atoms with Crippen LogP contribution in [-0.2, 0) is 10.0 Å². The molecule has 4 nitrogen and oxygen atoms in total. The minimum Gasteiger partial charge on any atom is -0.295 e. The van der Waals surface area contributed by atoms with Gasteiger partial charge in [-0.05, 0) is 50.1 Å². The second-order valence-corrected chi connectivity index (χ2v) is 6.69. The number of hydrogen-bond donors (Lipinski definition) is 1. The normalized spacial score (nSPS) is 11.2. The van der Waals surface area contributed by atoms with Gasteiger partial charge in [-0.3, -0.25) is 9.52 Å². The van der Waals surface area contributed by atoms with E-state index in [1.165, 1.54) is 31.2 Å². The molecule has 0 saturated carbocycles. The summed E-state index contributed by atoms with van der Waals surface area (Å²) in [7, 11) is -3.66. The van der Waals surface area contributed by atoms with Gasteiger partial charge in [0.1, 0.15) is 0 Å². The summed E-state index contributed by atoms with van der Waals surface area (Å²) in [6, 6.07) is 11.5. The maximum atomic E-state index is 12.4. The van der Waals surface area contributed by atoms with Gasteiger partial charge in [-0.2, -0.15) is 0 Å². The molecule has 21 heavy (non-hydrogen) atoms. The molecule has 110 valence electrons. The van der Waals surface area contributed by atoms with Gasteiger partial charge in [0.2, 0.25) is 0 Å². The van der Waals surface area contributed by atoms with Crippen LogP contribution in [0.5, 0.6) is 0 Å². The molecule has 2 aromatic carbocycles. The Kier molecular flexibility index (Phi) is 4.14. The van der Waals surface area contributed by atoms with Gasteiger partial charge in [0.15, 0.2) is 5.78 Å². The van der Waals surface area contributed by atoms with E-state index in [0.29, 0.717) is 11.3 Å². The number of ketones is 1. The molecular weight excluding hydrogens is 286 g/mol. The van der Waals surface area contributed by atoms with Gasteiger partial charge in [-0.15, -0.1) is 0 Å². The van der Waals surface area contributed by atoms with Gasteiger partial charge in [0, 0.05) is 5.56 Å². The topological polar surface area (TPSA) is 63.2 Å². The average molecular weight is 303 g/mol. The third-order valence-electron chi connectivity index (χ3n) is 3.21. The van der Waals surface area contributed by atoms with Crippen LogP contribution in [0.2, 0.25) is 0 Å². The standard InChI is InChI=1S/C16H17NO3S/c1-11-4-5-12(2)16(10-11)17-21(19,20)15-8-6-14(7-9-15)13(3)18/h4-10,17H,1-3H3. The van der Waals surface area contributed by atoms with Crippen molar-refractivity contribution in [2.75, 3.05) is 4.72 Å². The van der Waals surface area contributed by atoms with Gasteiger partial charge in [0.05, 0.1) is 10.6 Å². The van der Waals surface area contributed by atoms with Gasteiger partial charge in [0.25, 0.3) is 10.0 Å². The summed E-state index contributed by atoms with van der Waals surface area (Å²) in [5, 5.41) is 0. The number of carbonyl (C=O) groups excluding carboxylic acids is 1. The molecular formula is C16H17NO3S. The Hall–Kier alpha value is -2.14. The molecule has 2 aromatic rings. The molecule has 0 atom stereocenters. The van der Waals surface area contributed by atoms with Crippen molar-refractivity contribution < 1.29 is 13.2 Å². The van der Waals surface area contributed by atoms with E-state index in [9.17, 15) is 13.2 Å². The number of nitrogens with one attached hydrogen (secondary N) is 1. The summed E-state index contributed by atoms with van der Waals surface area (Å²) in [5.41, 5.74) is 2.88. The minimum absolute atomic E-state index is 0.0959. The predicted molar refractivity (Wildman–Crippen MR) is 83.2 cm³/mol. The number of aryl methyl sites for hydroxylation is 2. The summed E-state index contributed by atoms with van der Waals surface area (Å²) in [4.78, 5) is 11.3. The average Bonchev–Trinajstić information content (AvgIpc) is 2.43. The van der Waals surface area contributed by atoms with Crippen molar-refractivity contribution in [2.45, 2.75) is 25.7 Å². The Morgan fingerprint density at radius 1 is 1.00 bits per heavy atom. The van der Waals surface area contributed by atoms with E-state index in [1.807, 2.05) is 26.0 Å². The molecule has 0 bridgehead atoms. The van der Waals surface area contributed by atoms with Gasteiger partial charge in [-0.1, -0.05) is 24.3 Å². The zero-order chi connectivity index (χ0) is 15.6. The number of benzene rings is 2. The second-order valence-electron chi connectivity index (χ2n) is 5.00. The van der Waals surface area contributed by atoms with Crippen LogP contribution >= 0.6 is 0 Å². The molecule has 0 aromatic heterocycles. The zero-order valence-corrected chi connectivity index (χ0v) is 13.0. The first-order valence-electron chi connectivity index (χ1n) is 6.51. The second kappa shape index (κ2) is 5.69. The predicted octanol–water partition coefficient (Wildman–Crippen LogP) is 3.31. The van der Waals surface area contributed by atoms with Crippen LogP contribution in [0.15, 0.2) is 47.4 Å². The Labute approximate surface area is 124 Å². The Morgan fingerprint density at radius 2 is 1.62 bits per heavy atom. The van der Waals surface area contributed by atoms with E-state index in [4.69, 9.17) is 0 Å². The Balaban J connectivity index is 2.34. The fourth-order valence-electron chi connectivity index (χ4n) is 1.92. The van der Waals surface area contributed by atoms with Crippen molar-refractivity contribution in [3.05, 3.63) is 59.2 Å². The molecule has 0 amide bonds. The van der Waals surface area contributed by atoms with Crippen LogP contribution in [0.1, 0.15) is 28.4 Å². The number of sulfonamides is 1. The third kappa shape index (κ3) is 3.49. The van der Waals surface area contributed by atoms with Crippen LogP contribution in [0.25, 0.3) is 0 Å². The number of rotatable bonds is 4. The molecule has 0 heterocycles. The molecule has 0 aliphatic heterocycles. The highest BCUT2D eigenvalue weighted by Gasteiger charge is 2.15. The molecule has 0 spiro atoms. The molecule has 0 aliphatic rings. The summed E-state index contributed by atoms with van der Waals surface area (Å²) < 4.78 is 27.3. The number of hydrogen-bond acceptors (Lipinski definition) is 3. The summed E-state index contributed by atoms with van der Waals surface area (Å²) in [6.07, 6.45) is 0. The maximum absolute atomic E-state index is 12.4. The number of carbonyl (C=O) groups is 1. The Bertz CT molecular complexity index is 778. The van der Waals surface area contributed by atoms with Crippen LogP contribution in [0, 0.1) is 13.8 Å². The zero-order valence-electron chi connectivity index (χ0n) is 12.2. The Morgan fingerprint density at radius 3 is 2.19 bits per heavy atom. The number of Topliss-reactive ketones (excluding diaryl/α,β-unsaturated/α-hetero) is 1. The molecule has 0 saturated heterocycles. The van der Waals surface area contributed by atoms with E-state index in [-0.39, 0.29) is 10.7 Å². The quantitative estimate of drug-likeness (QED) is 0.881. The van der Waals surface area contributed by atoms with Crippen LogP contribution in [0.3, 0.4) is 0 Å². The highest BCUT2D eigenvalue weighted by atomic mass is 32.2. The molecule has 0 aliphatic carbocycles. The van der Waals surface area contributed by atoms with E-state index in [1.54, 1.807) is 6.07 Å². The summed E-state index contributed by atoms with van der Waals surface area (Å²) in [6.45, 7) is 5.19. The highest BCUT2D eigenvalue weighted by Crippen LogP contribution is 2.21. The first-order chi connectivity index (χ1) is 9.79. The fraction of sp³-hybridized carbons (Fsp3) is 0.188. The minimum atomic E-state index is -3.66. The van der Waals surface area contributed by atoms with Crippen LogP contribution < -0.4 is 4.72 Å². The first kappa shape index (κ1) is 15.3. The molecule has 0 fully saturated rings. The first-order valence-corrected chi connectivity index (χ1v) is 7.99. The van der Waals surface area contributed by atoms with E-state index < -0.39 is 10.0 Å².